The summed E-state index contributed by atoms with van der Waals surface area (Å²) < 4.78 is 38.5. The summed E-state index contributed by atoms with van der Waals surface area (Å²) in [5, 5.41) is 11.0. The third-order valence-electron chi connectivity index (χ3n) is 10.2. The van der Waals surface area contributed by atoms with Crippen LogP contribution in [-0.2, 0) is 18.0 Å². The first-order chi connectivity index (χ1) is 21.8. The smallest absolute Gasteiger partial charge is 0.228 e. The third kappa shape index (κ3) is 4.30. The molecule has 2 N–H and O–H groups in total. The van der Waals surface area contributed by atoms with E-state index >= 15 is 4.39 Å². The van der Waals surface area contributed by atoms with Crippen LogP contribution in [0.3, 0.4) is 0 Å². The van der Waals surface area contributed by atoms with Crippen LogP contribution >= 0.6 is 11.3 Å². The molecule has 4 aliphatic rings. The molecular weight excluding hydrogens is 596 g/mol. The molecule has 3 atom stereocenters. The normalized spacial score (nSPS) is 23.2. The highest BCUT2D eigenvalue weighted by atomic mass is 32.1. The largest absolute Gasteiger partial charge is 0.389 e. The second-order valence-electron chi connectivity index (χ2n) is 12.8. The number of nitrogen functional groups attached to an aromatic ring is 1. The number of rotatable bonds is 5. The van der Waals surface area contributed by atoms with E-state index < -0.39 is 11.6 Å². The van der Waals surface area contributed by atoms with Gasteiger partial charge in [-0.1, -0.05) is 6.92 Å². The van der Waals surface area contributed by atoms with Crippen molar-refractivity contribution in [1.82, 2.24) is 24.8 Å². The highest BCUT2D eigenvalue weighted by Gasteiger charge is 2.43. The predicted molar refractivity (Wildman–Crippen MR) is 171 cm³/mol. The summed E-state index contributed by atoms with van der Waals surface area (Å²) in [6.07, 6.45) is 4.15. The Morgan fingerprint density at radius 2 is 1.84 bits per heavy atom. The van der Waals surface area contributed by atoms with Gasteiger partial charge in [0.05, 0.1) is 40.8 Å². The molecule has 0 spiro atoms. The zero-order valence-corrected chi connectivity index (χ0v) is 26.4. The number of aromatic nitrogens is 3. The molecule has 45 heavy (non-hydrogen) atoms. The van der Waals surface area contributed by atoms with E-state index in [1.54, 1.807) is 0 Å². The Morgan fingerprint density at radius 1 is 1.09 bits per heavy atom. The summed E-state index contributed by atoms with van der Waals surface area (Å²) in [6, 6.07) is 2.98. The highest BCUT2D eigenvalue weighted by molar-refractivity contribution is 7.23. The number of thiophene rings is 1. The Labute approximate surface area is 264 Å². The number of fused-ring (bicyclic) bond motifs is 6. The van der Waals surface area contributed by atoms with Gasteiger partial charge in [-0.2, -0.15) is 10.2 Å². The lowest BCUT2D eigenvalue weighted by molar-refractivity contribution is 0.135. The zero-order valence-electron chi connectivity index (χ0n) is 25.6. The Balaban J connectivity index is 1.40. The topological polar surface area (TPSA) is 111 Å². The molecule has 0 amide bonds. The summed E-state index contributed by atoms with van der Waals surface area (Å²) in [5.41, 5.74) is 8.30. The highest BCUT2D eigenvalue weighted by Crippen LogP contribution is 2.48. The van der Waals surface area contributed by atoms with Gasteiger partial charge in [-0.15, -0.1) is 11.3 Å². The molecule has 7 heterocycles. The molecule has 8 rings (SSSR count). The molecule has 4 aliphatic heterocycles. The van der Waals surface area contributed by atoms with Crippen LogP contribution in [0.25, 0.3) is 32.2 Å². The SMILES string of the molecule is CCN1CC2CCC(C1)N2c1nc(N2CC[C@H](N(C)C)C2)nc2c(F)c(-c3ncc(F)c4sc(N)c(C#N)c34)c3c(c12)COC3. The fraction of sp³-hybridized carbons (Fsp3) is 0.500. The van der Waals surface area contributed by atoms with Crippen molar-refractivity contribution in [2.24, 2.45) is 0 Å². The Kier molecular flexibility index (Phi) is 6.83. The number of ether oxygens (including phenoxy) is 1. The molecule has 0 aliphatic carbocycles. The first kappa shape index (κ1) is 28.8. The van der Waals surface area contributed by atoms with Crippen molar-refractivity contribution >= 4 is 49.1 Å². The molecule has 3 fully saturated rings. The maximum atomic E-state index is 17.4. The quantitative estimate of drug-likeness (QED) is 0.339. The van der Waals surface area contributed by atoms with E-state index in [0.717, 1.165) is 80.9 Å². The van der Waals surface area contributed by atoms with E-state index in [0.29, 0.717) is 22.9 Å². The summed E-state index contributed by atoms with van der Waals surface area (Å²) in [5.74, 6) is 0.126. The first-order valence-corrected chi connectivity index (χ1v) is 16.4. The second kappa shape index (κ2) is 10.7. The van der Waals surface area contributed by atoms with Gasteiger partial charge in [0.15, 0.2) is 11.6 Å². The number of pyridine rings is 1. The van der Waals surface area contributed by atoms with E-state index in [-0.39, 0.29) is 62.7 Å². The average molecular weight is 632 g/mol. The van der Waals surface area contributed by atoms with Crippen molar-refractivity contribution in [3.05, 3.63) is 34.5 Å². The van der Waals surface area contributed by atoms with Crippen molar-refractivity contribution in [2.45, 2.75) is 57.5 Å². The molecule has 2 unspecified atom stereocenters. The van der Waals surface area contributed by atoms with Crippen LogP contribution in [0.15, 0.2) is 6.20 Å². The lowest BCUT2D eigenvalue weighted by atomic mass is 9.93. The number of nitrogens with two attached hydrogens (primary N) is 1. The summed E-state index contributed by atoms with van der Waals surface area (Å²) in [6.45, 7) is 7.02. The van der Waals surface area contributed by atoms with Crippen molar-refractivity contribution in [3.8, 4) is 17.3 Å². The maximum absolute atomic E-state index is 17.4. The van der Waals surface area contributed by atoms with Gasteiger partial charge >= 0.3 is 0 Å². The minimum absolute atomic E-state index is 0.102. The molecule has 0 radical (unpaired) electrons. The van der Waals surface area contributed by atoms with E-state index in [2.05, 4.69) is 51.7 Å². The molecular formula is C32H35F2N9OS. The van der Waals surface area contributed by atoms with E-state index in [4.69, 9.17) is 20.4 Å². The number of anilines is 3. The van der Waals surface area contributed by atoms with Gasteiger partial charge in [0.1, 0.15) is 22.4 Å². The second-order valence-corrected chi connectivity index (χ2v) is 13.9. The number of likely N-dealkylation sites (tertiary alicyclic amines) is 1. The Bertz CT molecular complexity index is 1890. The lowest BCUT2D eigenvalue weighted by Crippen LogP contribution is -2.54. The molecule has 4 aromatic rings. The molecule has 234 valence electrons. The van der Waals surface area contributed by atoms with Crippen molar-refractivity contribution < 1.29 is 13.5 Å². The summed E-state index contributed by atoms with van der Waals surface area (Å²) >= 11 is 0.974. The van der Waals surface area contributed by atoms with Gasteiger partial charge in [0.2, 0.25) is 5.95 Å². The van der Waals surface area contributed by atoms with Crippen LogP contribution in [0.4, 0.5) is 25.5 Å². The summed E-state index contributed by atoms with van der Waals surface area (Å²) in [7, 11) is 4.15. The third-order valence-corrected chi connectivity index (χ3v) is 11.3. The molecule has 3 saturated heterocycles. The number of nitrogens with zero attached hydrogens (tertiary/aromatic N) is 8. The molecule has 2 bridgehead atoms. The maximum Gasteiger partial charge on any atom is 0.228 e. The molecule has 10 nitrogen and oxygen atoms in total. The van der Waals surface area contributed by atoms with Gasteiger partial charge in [0, 0.05) is 55.3 Å². The lowest BCUT2D eigenvalue weighted by Gasteiger charge is -2.42. The monoisotopic (exact) mass is 631 g/mol. The van der Waals surface area contributed by atoms with E-state index in [1.165, 1.54) is 0 Å². The van der Waals surface area contributed by atoms with Crippen LogP contribution in [0.2, 0.25) is 0 Å². The van der Waals surface area contributed by atoms with Gasteiger partial charge in [-0.05, 0) is 51.0 Å². The first-order valence-electron chi connectivity index (χ1n) is 15.6. The van der Waals surface area contributed by atoms with Gasteiger partial charge in [0.25, 0.3) is 0 Å². The fourth-order valence-electron chi connectivity index (χ4n) is 7.90. The minimum atomic E-state index is -0.598. The van der Waals surface area contributed by atoms with E-state index in [9.17, 15) is 9.65 Å². The van der Waals surface area contributed by atoms with Crippen molar-refractivity contribution in [1.29, 1.82) is 5.26 Å². The van der Waals surface area contributed by atoms with Crippen LogP contribution in [-0.4, -0.2) is 89.7 Å². The number of likely N-dealkylation sites (N-methyl/N-ethyl adjacent to an activating group) is 2. The van der Waals surface area contributed by atoms with Crippen LogP contribution in [0, 0.1) is 23.0 Å². The van der Waals surface area contributed by atoms with Crippen LogP contribution in [0.1, 0.15) is 42.9 Å². The number of benzene rings is 1. The number of halogens is 2. The number of nitriles is 1. The summed E-state index contributed by atoms with van der Waals surface area (Å²) in [4.78, 5) is 23.9. The van der Waals surface area contributed by atoms with Crippen LogP contribution < -0.4 is 15.5 Å². The Hall–Kier alpha value is -3.70. The van der Waals surface area contributed by atoms with Gasteiger partial charge in [-0.25, -0.2) is 13.8 Å². The van der Waals surface area contributed by atoms with Crippen molar-refractivity contribution in [2.75, 3.05) is 62.4 Å². The molecule has 3 aromatic heterocycles. The number of hydrogen-bond donors (Lipinski definition) is 1. The molecule has 13 heteroatoms. The van der Waals surface area contributed by atoms with Crippen molar-refractivity contribution in [3.63, 3.8) is 0 Å². The van der Waals surface area contributed by atoms with Crippen LogP contribution in [0.5, 0.6) is 0 Å². The number of piperazine rings is 1. The van der Waals surface area contributed by atoms with Gasteiger partial charge in [-0.3, -0.25) is 9.88 Å². The standard InChI is InChI=1S/C32H35F2N9OS/c1-4-41-11-17-5-6-18(12-41)43(17)31-25-21-15-44-14-20(21)23(27-24-19(9-35)30(36)45-29(24)22(33)10-37-27)26(34)28(25)38-32(39-31)42-8-7-16(13-42)40(2)3/h10,16-18H,4-8,11-15,36H2,1-3H3/t16-,17?,18?/m0/s1. The average Bonchev–Trinajstić information content (AvgIpc) is 3.82. The zero-order chi connectivity index (χ0) is 31.1. The molecule has 1 aromatic carbocycles. The number of hydrogen-bond acceptors (Lipinski definition) is 11. The van der Waals surface area contributed by atoms with E-state index in [1.807, 2.05) is 0 Å². The molecule has 0 saturated carbocycles. The fourth-order valence-corrected chi connectivity index (χ4v) is 8.82. The minimum Gasteiger partial charge on any atom is -0.389 e. The van der Waals surface area contributed by atoms with Gasteiger partial charge < -0.3 is 25.2 Å². The Morgan fingerprint density at radius 3 is 2.53 bits per heavy atom. The predicted octanol–water partition coefficient (Wildman–Crippen LogP) is 4.48.